The van der Waals surface area contributed by atoms with E-state index in [-0.39, 0.29) is 53.5 Å². The minimum absolute atomic E-state index is 0.0146. The molecule has 53 heavy (non-hydrogen) atoms. The molecule has 5 aliphatic rings. The first-order valence-corrected chi connectivity index (χ1v) is 22.2. The van der Waals surface area contributed by atoms with Crippen LogP contribution in [0.25, 0.3) is 0 Å². The van der Waals surface area contributed by atoms with Gasteiger partial charge >= 0.3 is 6.03 Å². The first kappa shape index (κ1) is 41.2. The number of Topliss-reactive ketones (excluding diaryl/α,β-unsaturated/α-hetero) is 1. The number of carbonyl (C=O) groups is 5. The zero-order chi connectivity index (χ0) is 38.6. The number of rotatable bonds is 15. The van der Waals surface area contributed by atoms with E-state index in [1.165, 1.54) is 6.08 Å². The van der Waals surface area contributed by atoms with Crippen LogP contribution in [0.3, 0.4) is 0 Å². The Bertz CT molecular complexity index is 1490. The quantitative estimate of drug-likeness (QED) is 0.140. The lowest BCUT2D eigenvalue weighted by Crippen LogP contribution is -2.62. The van der Waals surface area contributed by atoms with E-state index in [1.807, 2.05) is 27.7 Å². The fourth-order valence-corrected chi connectivity index (χ4v) is 12.9. The highest BCUT2D eigenvalue weighted by molar-refractivity contribution is 7.91. The largest absolute Gasteiger partial charge is 0.346 e. The smallest absolute Gasteiger partial charge is 0.315 e. The molecule has 4 saturated carbocycles. The zero-order valence-electron chi connectivity index (χ0n) is 32.6. The molecule has 0 aromatic carbocycles. The van der Waals surface area contributed by atoms with Gasteiger partial charge in [-0.1, -0.05) is 78.7 Å². The van der Waals surface area contributed by atoms with E-state index in [0.717, 1.165) is 77.0 Å². The number of sulfone groups is 1. The lowest BCUT2D eigenvalue weighted by atomic mass is 9.82. The van der Waals surface area contributed by atoms with Gasteiger partial charge in [0.2, 0.25) is 17.6 Å². The van der Waals surface area contributed by atoms with Crippen LogP contribution in [0.1, 0.15) is 130 Å². The van der Waals surface area contributed by atoms with Crippen LogP contribution in [0, 0.1) is 28.6 Å². The van der Waals surface area contributed by atoms with Crippen molar-refractivity contribution >= 4 is 39.4 Å². The second kappa shape index (κ2) is 16.8. The van der Waals surface area contributed by atoms with Gasteiger partial charge in [-0.2, -0.15) is 0 Å². The summed E-state index contributed by atoms with van der Waals surface area (Å²) in [6, 6.07) is -3.27. The van der Waals surface area contributed by atoms with Crippen LogP contribution >= 0.6 is 0 Å². The molecule has 298 valence electrons. The topological polar surface area (TPSA) is 171 Å². The van der Waals surface area contributed by atoms with Crippen molar-refractivity contribution in [2.24, 2.45) is 28.6 Å². The number of likely N-dealkylation sites (tertiary alicyclic amines) is 1. The fraction of sp³-hybridized carbons (Fsp3) is 0.825. The lowest BCUT2D eigenvalue weighted by molar-refractivity contribution is -0.144. The van der Waals surface area contributed by atoms with Crippen molar-refractivity contribution < 1.29 is 32.4 Å². The molecule has 1 unspecified atom stereocenters. The minimum Gasteiger partial charge on any atom is -0.346 e. The fourth-order valence-electron chi connectivity index (χ4n) is 10.2. The molecule has 1 spiro atoms. The van der Waals surface area contributed by atoms with Crippen LogP contribution in [-0.2, 0) is 29.0 Å². The van der Waals surface area contributed by atoms with Crippen molar-refractivity contribution in [3.8, 4) is 0 Å². The Morgan fingerprint density at radius 3 is 2.17 bits per heavy atom. The van der Waals surface area contributed by atoms with Gasteiger partial charge in [0, 0.05) is 13.1 Å². The Morgan fingerprint density at radius 2 is 1.57 bits per heavy atom. The number of ketones is 1. The monoisotopic (exact) mass is 759 g/mol. The summed E-state index contributed by atoms with van der Waals surface area (Å²) in [6.45, 7) is 11.7. The van der Waals surface area contributed by atoms with E-state index in [9.17, 15) is 32.4 Å². The van der Waals surface area contributed by atoms with Gasteiger partial charge in [-0.05, 0) is 86.4 Å². The maximum atomic E-state index is 15.0. The molecule has 4 N–H and O–H groups in total. The Balaban J connectivity index is 1.39. The van der Waals surface area contributed by atoms with E-state index in [1.54, 1.807) is 4.90 Å². The predicted octanol–water partition coefficient (Wildman–Crippen LogP) is 4.57. The van der Waals surface area contributed by atoms with Crippen LogP contribution in [0.2, 0.25) is 0 Å². The van der Waals surface area contributed by atoms with Gasteiger partial charge in [-0.15, -0.1) is 6.58 Å². The zero-order valence-corrected chi connectivity index (χ0v) is 33.4. The number of hydrogen-bond donors (Lipinski definition) is 4. The van der Waals surface area contributed by atoms with Crippen molar-refractivity contribution in [2.75, 3.05) is 24.6 Å². The first-order chi connectivity index (χ1) is 25.0. The molecular weight excluding hydrogens is 695 g/mol. The summed E-state index contributed by atoms with van der Waals surface area (Å²) >= 11 is 0. The third-order valence-electron chi connectivity index (χ3n) is 12.7. The van der Waals surface area contributed by atoms with Crippen molar-refractivity contribution in [3.05, 3.63) is 12.7 Å². The number of nitrogens with zero attached hydrogens (tertiary/aromatic N) is 1. The maximum absolute atomic E-state index is 15.0. The van der Waals surface area contributed by atoms with E-state index in [0.29, 0.717) is 25.8 Å². The third kappa shape index (κ3) is 10.0. The van der Waals surface area contributed by atoms with Crippen molar-refractivity contribution in [3.63, 3.8) is 0 Å². The average molecular weight is 760 g/mol. The van der Waals surface area contributed by atoms with Gasteiger partial charge in [0.25, 0.3) is 5.91 Å². The molecule has 4 aliphatic carbocycles. The number of nitrogens with one attached hydrogen (secondary N) is 4. The average Bonchev–Trinajstić information content (AvgIpc) is 3.66. The predicted molar refractivity (Wildman–Crippen MR) is 204 cm³/mol. The van der Waals surface area contributed by atoms with Gasteiger partial charge < -0.3 is 26.2 Å². The Labute approximate surface area is 317 Å². The van der Waals surface area contributed by atoms with Crippen molar-refractivity contribution in [1.29, 1.82) is 0 Å². The third-order valence-corrected chi connectivity index (χ3v) is 15.0. The second-order valence-electron chi connectivity index (χ2n) is 18.2. The molecule has 1 saturated heterocycles. The van der Waals surface area contributed by atoms with Crippen LogP contribution in [0.15, 0.2) is 12.7 Å². The number of urea groups is 1. The SMILES string of the molecule is C=CCNC(=O)C(=O)C(CCC)NC(=O)[C@@H]1[C@H]2CCC3(CC3)[C@H]2CN1C(=O)[C@@H](NC(=O)NC1(CS(=O)(=O)CC(C)(C)C)CCCCC1)C1CCCCC1. The van der Waals surface area contributed by atoms with Gasteiger partial charge in [-0.3, -0.25) is 19.2 Å². The molecule has 13 heteroatoms. The minimum atomic E-state index is -3.50. The van der Waals surface area contributed by atoms with Gasteiger partial charge in [0.05, 0.1) is 23.1 Å². The molecule has 12 nitrogen and oxygen atoms in total. The summed E-state index contributed by atoms with van der Waals surface area (Å²) in [7, 11) is -3.50. The van der Waals surface area contributed by atoms with Crippen LogP contribution in [0.4, 0.5) is 4.79 Å². The summed E-state index contributed by atoms with van der Waals surface area (Å²) in [5.74, 6) is -2.41. The number of hydrogen-bond acceptors (Lipinski definition) is 7. The van der Waals surface area contributed by atoms with Crippen molar-refractivity contribution in [1.82, 2.24) is 26.2 Å². The highest BCUT2D eigenvalue weighted by atomic mass is 32.2. The highest BCUT2D eigenvalue weighted by Crippen LogP contribution is 2.66. The Hall–Kier alpha value is -2.96. The normalized spacial score (nSPS) is 26.2. The highest BCUT2D eigenvalue weighted by Gasteiger charge is 2.64. The molecule has 5 atom stereocenters. The van der Waals surface area contributed by atoms with Crippen LogP contribution in [0.5, 0.6) is 0 Å². The van der Waals surface area contributed by atoms with E-state index in [2.05, 4.69) is 27.8 Å². The van der Waals surface area contributed by atoms with E-state index >= 15 is 0 Å². The standard InChI is InChI=1S/C40H65N5O7S/c1-6-14-30(33(46)35(48)41-23-7-2)42-34(47)32-28-17-20-39(21-22-39)29(28)24-45(32)36(49)31(27-15-10-8-11-16-27)43-37(50)44-40(18-12-9-13-19-40)26-53(51,52)25-38(3,4)5/h7,27-32H,2,6,8-26H2,1,3-5H3,(H,41,48)(H,42,47)(H2,43,44,50)/t28-,29-,30?,31-,32-/m0/s1. The van der Waals surface area contributed by atoms with Crippen molar-refractivity contribution in [2.45, 2.75) is 154 Å². The molecule has 1 heterocycles. The molecule has 1 aliphatic heterocycles. The summed E-state index contributed by atoms with van der Waals surface area (Å²) in [6.07, 6.45) is 14.4. The lowest BCUT2D eigenvalue weighted by Gasteiger charge is -2.40. The van der Waals surface area contributed by atoms with Crippen LogP contribution < -0.4 is 21.3 Å². The summed E-state index contributed by atoms with van der Waals surface area (Å²) in [5.41, 5.74) is -1.22. The maximum Gasteiger partial charge on any atom is 0.315 e. The molecular formula is C40H65N5O7S. The first-order valence-electron chi connectivity index (χ1n) is 20.4. The van der Waals surface area contributed by atoms with Gasteiger partial charge in [0.15, 0.2) is 9.84 Å². The van der Waals surface area contributed by atoms with Gasteiger partial charge in [-0.25, -0.2) is 13.2 Å². The molecule has 0 aromatic heterocycles. The summed E-state index contributed by atoms with van der Waals surface area (Å²) < 4.78 is 26.9. The number of fused-ring (bicyclic) bond motifs is 2. The number of amides is 5. The molecule has 0 bridgehead atoms. The Kier molecular flexibility index (Phi) is 13.1. The summed E-state index contributed by atoms with van der Waals surface area (Å²) in [5, 5.41) is 11.6. The second-order valence-corrected chi connectivity index (χ2v) is 20.3. The molecule has 5 fully saturated rings. The van der Waals surface area contributed by atoms with Gasteiger partial charge in [0.1, 0.15) is 12.1 Å². The summed E-state index contributed by atoms with van der Waals surface area (Å²) in [4.78, 5) is 70.9. The number of carbonyl (C=O) groups excluding carboxylic acids is 5. The van der Waals surface area contributed by atoms with E-state index in [4.69, 9.17) is 0 Å². The van der Waals surface area contributed by atoms with E-state index < -0.39 is 62.5 Å². The molecule has 0 radical (unpaired) electrons. The van der Waals surface area contributed by atoms with Crippen LogP contribution in [-0.4, -0.2) is 91.1 Å². The molecule has 5 rings (SSSR count). The molecule has 0 aromatic rings. The molecule has 5 amide bonds. The Morgan fingerprint density at radius 1 is 0.906 bits per heavy atom.